The van der Waals surface area contributed by atoms with E-state index in [1.54, 1.807) is 26.8 Å². The van der Waals surface area contributed by atoms with E-state index < -0.39 is 27.2 Å². The molecule has 1 aromatic rings. The van der Waals surface area contributed by atoms with E-state index in [9.17, 15) is 17.9 Å². The van der Waals surface area contributed by atoms with E-state index in [1.807, 2.05) is 0 Å². The smallest absolute Gasteiger partial charge is 0.215 e. The summed E-state index contributed by atoms with van der Waals surface area (Å²) in [5.41, 5.74) is -1.03. The van der Waals surface area contributed by atoms with Crippen molar-refractivity contribution in [3.63, 3.8) is 0 Å². The molecule has 1 atom stereocenters. The lowest BCUT2D eigenvalue weighted by molar-refractivity contribution is 0.0190. The number of hydrogen-bond acceptors (Lipinski definition) is 3. The lowest BCUT2D eigenvalue weighted by atomic mass is 9.93. The molecule has 0 aromatic heterocycles. The maximum atomic E-state index is 13.4. The number of halogens is 1. The molecule has 19 heavy (non-hydrogen) atoms. The van der Waals surface area contributed by atoms with Crippen LogP contribution in [0, 0.1) is 11.7 Å². The maximum absolute atomic E-state index is 13.4. The van der Waals surface area contributed by atoms with E-state index in [1.165, 1.54) is 18.2 Å². The van der Waals surface area contributed by atoms with Gasteiger partial charge in [0.25, 0.3) is 0 Å². The summed E-state index contributed by atoms with van der Waals surface area (Å²) in [5, 5.41) is 9.97. The molecule has 108 valence electrons. The minimum absolute atomic E-state index is 0.0938. The number of nitrogens with one attached hydrogen (secondary N) is 1. The average molecular weight is 289 g/mol. The van der Waals surface area contributed by atoms with Gasteiger partial charge in [-0.25, -0.2) is 17.5 Å². The van der Waals surface area contributed by atoms with E-state index in [-0.39, 0.29) is 18.0 Å². The maximum Gasteiger partial charge on any atom is 0.215 e. The molecule has 0 bridgehead atoms. The van der Waals surface area contributed by atoms with Gasteiger partial charge in [0.1, 0.15) is 5.82 Å². The quantitative estimate of drug-likeness (QED) is 0.837. The Hall–Kier alpha value is -0.980. The van der Waals surface area contributed by atoms with Gasteiger partial charge in [-0.2, -0.15) is 0 Å². The summed E-state index contributed by atoms with van der Waals surface area (Å²) in [4.78, 5) is 0. The van der Waals surface area contributed by atoms with Crippen molar-refractivity contribution in [1.82, 2.24) is 4.72 Å². The second kappa shape index (κ2) is 5.98. The van der Waals surface area contributed by atoms with E-state index >= 15 is 0 Å². The third-order valence-corrected chi connectivity index (χ3v) is 4.47. The van der Waals surface area contributed by atoms with Crippen LogP contribution >= 0.6 is 0 Å². The summed E-state index contributed by atoms with van der Waals surface area (Å²) >= 11 is 0. The number of hydrogen-bond donors (Lipinski definition) is 2. The summed E-state index contributed by atoms with van der Waals surface area (Å²) < 4.78 is 39.4. The minimum Gasteiger partial charge on any atom is -0.389 e. The number of sulfonamides is 1. The van der Waals surface area contributed by atoms with E-state index in [4.69, 9.17) is 0 Å². The van der Waals surface area contributed by atoms with Gasteiger partial charge in [-0.3, -0.25) is 0 Å². The van der Waals surface area contributed by atoms with Crippen molar-refractivity contribution in [1.29, 1.82) is 0 Å². The van der Waals surface area contributed by atoms with E-state index in [0.717, 1.165) is 0 Å². The van der Waals surface area contributed by atoms with Crippen LogP contribution in [0.15, 0.2) is 24.3 Å². The Kier molecular flexibility index (Phi) is 5.06. The number of benzene rings is 1. The second-order valence-electron chi connectivity index (χ2n) is 5.18. The molecule has 0 spiro atoms. The van der Waals surface area contributed by atoms with Crippen LogP contribution in [0.25, 0.3) is 0 Å². The van der Waals surface area contributed by atoms with Crippen LogP contribution in [0.1, 0.15) is 26.3 Å². The normalized spacial score (nSPS) is 15.5. The highest BCUT2D eigenvalue weighted by Crippen LogP contribution is 2.16. The van der Waals surface area contributed by atoms with Gasteiger partial charge < -0.3 is 5.11 Å². The first kappa shape index (κ1) is 16.1. The summed E-state index contributed by atoms with van der Waals surface area (Å²) in [5.74, 6) is -1.08. The van der Waals surface area contributed by atoms with Crippen LogP contribution in [0.4, 0.5) is 4.39 Å². The first-order valence-corrected chi connectivity index (χ1v) is 7.72. The highest BCUT2D eigenvalue weighted by atomic mass is 32.2. The van der Waals surface area contributed by atoms with Gasteiger partial charge in [0.2, 0.25) is 10.0 Å². The molecule has 0 aliphatic rings. The van der Waals surface area contributed by atoms with Gasteiger partial charge in [-0.1, -0.05) is 32.0 Å². The first-order valence-electron chi connectivity index (χ1n) is 6.07. The Labute approximate surface area is 113 Å². The van der Waals surface area contributed by atoms with Crippen LogP contribution in [0.5, 0.6) is 0 Å². The highest BCUT2D eigenvalue weighted by molar-refractivity contribution is 7.88. The van der Waals surface area contributed by atoms with Crippen molar-refractivity contribution < 1.29 is 17.9 Å². The monoisotopic (exact) mass is 289 g/mol. The third-order valence-electron chi connectivity index (χ3n) is 3.20. The predicted molar refractivity (Wildman–Crippen MR) is 72.5 cm³/mol. The Morgan fingerprint density at radius 1 is 1.37 bits per heavy atom. The first-order chi connectivity index (χ1) is 8.64. The number of rotatable bonds is 6. The molecule has 1 rings (SSSR count). The van der Waals surface area contributed by atoms with Gasteiger partial charge in [-0.05, 0) is 18.9 Å². The molecule has 0 saturated carbocycles. The molecule has 0 saturated heterocycles. The molecule has 0 amide bonds. The van der Waals surface area contributed by atoms with E-state index in [0.29, 0.717) is 0 Å². The Bertz CT molecular complexity index is 526. The number of aliphatic hydroxyl groups is 1. The zero-order chi connectivity index (χ0) is 14.7. The summed E-state index contributed by atoms with van der Waals surface area (Å²) in [6.07, 6.45) is 0. The molecule has 0 aliphatic heterocycles. The highest BCUT2D eigenvalue weighted by Gasteiger charge is 2.27. The van der Waals surface area contributed by atoms with Crippen molar-refractivity contribution in [2.45, 2.75) is 32.1 Å². The molecule has 0 radical (unpaired) electrons. The summed E-state index contributed by atoms with van der Waals surface area (Å²) in [6.45, 7) is 5.06. The van der Waals surface area contributed by atoms with Gasteiger partial charge in [0, 0.05) is 12.1 Å². The molecule has 4 nitrogen and oxygen atoms in total. The fourth-order valence-electron chi connectivity index (χ4n) is 1.33. The molecule has 2 N–H and O–H groups in total. The molecule has 0 heterocycles. The zero-order valence-corrected chi connectivity index (χ0v) is 12.2. The molecular formula is C13H20FNO3S. The molecule has 6 heteroatoms. The van der Waals surface area contributed by atoms with Crippen molar-refractivity contribution in [3.05, 3.63) is 35.6 Å². The standard InChI is InChI=1S/C13H20FNO3S/c1-10(2)13(3,16)9-15-19(17,18)8-11-6-4-5-7-12(11)14/h4-7,10,15-16H,8-9H2,1-3H3. The van der Waals surface area contributed by atoms with Gasteiger partial charge in [0.15, 0.2) is 0 Å². The van der Waals surface area contributed by atoms with Crippen molar-refractivity contribution in [2.24, 2.45) is 5.92 Å². The summed E-state index contributed by atoms with van der Waals surface area (Å²) in [7, 11) is -3.67. The lowest BCUT2D eigenvalue weighted by Crippen LogP contribution is -2.44. The topological polar surface area (TPSA) is 66.4 Å². The second-order valence-corrected chi connectivity index (χ2v) is 6.99. The predicted octanol–water partition coefficient (Wildman–Crippen LogP) is 1.65. The van der Waals surface area contributed by atoms with Crippen LogP contribution in [0.2, 0.25) is 0 Å². The average Bonchev–Trinajstić information content (AvgIpc) is 2.30. The SMILES string of the molecule is CC(C)C(C)(O)CNS(=O)(=O)Cc1ccccc1F. The van der Waals surface area contributed by atoms with Gasteiger partial charge in [0.05, 0.1) is 11.4 Å². The summed E-state index contributed by atoms with van der Waals surface area (Å²) in [6, 6.07) is 5.73. The Balaban J connectivity index is 2.71. The Morgan fingerprint density at radius 2 is 1.95 bits per heavy atom. The third kappa shape index (κ3) is 4.89. The van der Waals surface area contributed by atoms with Crippen molar-refractivity contribution >= 4 is 10.0 Å². The van der Waals surface area contributed by atoms with Crippen molar-refractivity contribution in [2.75, 3.05) is 6.54 Å². The van der Waals surface area contributed by atoms with Crippen LogP contribution in [-0.4, -0.2) is 25.7 Å². The molecule has 0 fully saturated rings. The lowest BCUT2D eigenvalue weighted by Gasteiger charge is -2.27. The zero-order valence-electron chi connectivity index (χ0n) is 11.4. The fraction of sp³-hybridized carbons (Fsp3) is 0.538. The van der Waals surface area contributed by atoms with Gasteiger partial charge in [-0.15, -0.1) is 0 Å². The van der Waals surface area contributed by atoms with Crippen LogP contribution in [-0.2, 0) is 15.8 Å². The largest absolute Gasteiger partial charge is 0.389 e. The van der Waals surface area contributed by atoms with E-state index in [2.05, 4.69) is 4.72 Å². The molecular weight excluding hydrogens is 269 g/mol. The van der Waals surface area contributed by atoms with Gasteiger partial charge >= 0.3 is 0 Å². The van der Waals surface area contributed by atoms with Crippen LogP contribution < -0.4 is 4.72 Å². The van der Waals surface area contributed by atoms with Crippen molar-refractivity contribution in [3.8, 4) is 0 Å². The molecule has 1 unspecified atom stereocenters. The molecule has 0 aliphatic carbocycles. The Morgan fingerprint density at radius 3 is 2.47 bits per heavy atom. The minimum atomic E-state index is -3.67. The van der Waals surface area contributed by atoms with Crippen LogP contribution in [0.3, 0.4) is 0 Å². The fourth-order valence-corrected chi connectivity index (χ4v) is 2.59. The molecule has 1 aromatic carbocycles.